The van der Waals surface area contributed by atoms with Crippen molar-refractivity contribution in [2.45, 2.75) is 13.0 Å². The highest BCUT2D eigenvalue weighted by Gasteiger charge is 1.92. The van der Waals surface area contributed by atoms with E-state index in [1.54, 1.807) is 0 Å². The molecule has 0 aliphatic rings. The highest BCUT2D eigenvalue weighted by Crippen LogP contribution is 1.86. The summed E-state index contributed by atoms with van der Waals surface area (Å²) in [7, 11) is 0. The van der Waals surface area contributed by atoms with Gasteiger partial charge in [0.1, 0.15) is 0 Å². The third-order valence-electron chi connectivity index (χ3n) is 0.593. The lowest BCUT2D eigenvalue weighted by atomic mass is 10.4. The van der Waals surface area contributed by atoms with E-state index in [0.717, 1.165) is 0 Å². The van der Waals surface area contributed by atoms with Gasteiger partial charge in [-0.25, -0.2) is 0 Å². The van der Waals surface area contributed by atoms with Crippen molar-refractivity contribution in [2.24, 2.45) is 0 Å². The third-order valence-corrected chi connectivity index (χ3v) is 1.23. The lowest BCUT2D eigenvalue weighted by Gasteiger charge is -2.04. The van der Waals surface area contributed by atoms with Crippen LogP contribution >= 0.6 is 11.9 Å². The summed E-state index contributed by atoms with van der Waals surface area (Å²) in [4.78, 5) is 0. The zero-order valence-corrected chi connectivity index (χ0v) is 5.46. The average molecular weight is 121 g/mol. The molecule has 3 heteroatoms. The summed E-state index contributed by atoms with van der Waals surface area (Å²) in [6, 6.07) is 0.218. The van der Waals surface area contributed by atoms with Gasteiger partial charge in [-0.2, -0.15) is 0 Å². The topological polar surface area (TPSA) is 32.3 Å². The number of aliphatic hydroxyl groups is 1. The van der Waals surface area contributed by atoms with Crippen LogP contribution in [0, 0.1) is 0 Å². The first kappa shape index (κ1) is 7.27. The predicted octanol–water partition coefficient (Wildman–Crippen LogP) is 0.235. The van der Waals surface area contributed by atoms with Crippen molar-refractivity contribution in [1.82, 2.24) is 4.72 Å². The minimum Gasteiger partial charge on any atom is -0.395 e. The molecule has 0 spiro atoms. The van der Waals surface area contributed by atoms with Crippen LogP contribution in [0.3, 0.4) is 0 Å². The molecule has 0 amide bonds. The maximum absolute atomic E-state index is 8.39. The Bertz CT molecular complexity index is 42.7. The molecular weight excluding hydrogens is 110 g/mol. The fourth-order valence-corrected chi connectivity index (χ4v) is 0.715. The molecule has 0 fully saturated rings. The van der Waals surface area contributed by atoms with Gasteiger partial charge in [0, 0.05) is 6.04 Å². The molecule has 0 aromatic rings. The third kappa shape index (κ3) is 4.12. The molecule has 0 radical (unpaired) electrons. The second-order valence-corrected chi connectivity index (χ2v) is 2.05. The van der Waals surface area contributed by atoms with Crippen LogP contribution in [0.1, 0.15) is 6.92 Å². The van der Waals surface area contributed by atoms with Crippen LogP contribution < -0.4 is 4.72 Å². The van der Waals surface area contributed by atoms with Gasteiger partial charge in [0.05, 0.1) is 6.61 Å². The highest BCUT2D eigenvalue weighted by molar-refractivity contribution is 7.96. The minimum atomic E-state index is 0.209. The van der Waals surface area contributed by atoms with Gasteiger partial charge in [-0.05, 0) is 13.2 Å². The van der Waals surface area contributed by atoms with Crippen LogP contribution in [0.2, 0.25) is 0 Å². The van der Waals surface area contributed by atoms with E-state index in [1.807, 2.05) is 13.2 Å². The molecule has 2 nitrogen and oxygen atoms in total. The van der Waals surface area contributed by atoms with Crippen molar-refractivity contribution in [3.8, 4) is 0 Å². The molecule has 0 aliphatic heterocycles. The molecule has 0 aromatic carbocycles. The largest absolute Gasteiger partial charge is 0.395 e. The van der Waals surface area contributed by atoms with Crippen molar-refractivity contribution in [3.05, 3.63) is 0 Å². The lowest BCUT2D eigenvalue weighted by Crippen LogP contribution is -2.22. The summed E-state index contributed by atoms with van der Waals surface area (Å²) in [6.07, 6.45) is 1.94. The quantitative estimate of drug-likeness (QED) is 0.524. The summed E-state index contributed by atoms with van der Waals surface area (Å²) < 4.78 is 2.96. The van der Waals surface area contributed by atoms with Crippen molar-refractivity contribution in [3.63, 3.8) is 0 Å². The Morgan fingerprint density at radius 2 is 2.43 bits per heavy atom. The molecular formula is C4H11NOS. The van der Waals surface area contributed by atoms with Crippen LogP contribution in [0.15, 0.2) is 0 Å². The molecule has 0 aromatic heterocycles. The monoisotopic (exact) mass is 121 g/mol. The molecule has 7 heavy (non-hydrogen) atoms. The maximum Gasteiger partial charge on any atom is 0.0590 e. The number of hydrogen-bond acceptors (Lipinski definition) is 3. The minimum absolute atomic E-state index is 0.209. The van der Waals surface area contributed by atoms with E-state index in [1.165, 1.54) is 11.9 Å². The van der Waals surface area contributed by atoms with Gasteiger partial charge in [-0.3, -0.25) is 4.72 Å². The van der Waals surface area contributed by atoms with Crippen molar-refractivity contribution in [2.75, 3.05) is 12.9 Å². The van der Waals surface area contributed by atoms with Crippen LogP contribution in [0.5, 0.6) is 0 Å². The number of aliphatic hydroxyl groups excluding tert-OH is 1. The van der Waals surface area contributed by atoms with Crippen molar-refractivity contribution in [1.29, 1.82) is 0 Å². The first-order valence-electron chi connectivity index (χ1n) is 2.20. The highest BCUT2D eigenvalue weighted by atomic mass is 32.2. The fourth-order valence-electron chi connectivity index (χ4n) is 0.238. The van der Waals surface area contributed by atoms with E-state index in [-0.39, 0.29) is 12.6 Å². The van der Waals surface area contributed by atoms with Gasteiger partial charge < -0.3 is 5.11 Å². The lowest BCUT2D eigenvalue weighted by molar-refractivity contribution is 0.267. The predicted molar refractivity (Wildman–Crippen MR) is 33.2 cm³/mol. The molecule has 44 valence electrons. The second kappa shape index (κ2) is 4.43. The Kier molecular flexibility index (Phi) is 4.60. The zero-order valence-electron chi connectivity index (χ0n) is 4.64. The van der Waals surface area contributed by atoms with Crippen LogP contribution in [0.4, 0.5) is 0 Å². The van der Waals surface area contributed by atoms with Gasteiger partial charge in [-0.1, -0.05) is 11.9 Å². The van der Waals surface area contributed by atoms with E-state index in [9.17, 15) is 0 Å². The van der Waals surface area contributed by atoms with E-state index >= 15 is 0 Å². The number of nitrogens with one attached hydrogen (secondary N) is 1. The van der Waals surface area contributed by atoms with Crippen molar-refractivity contribution >= 4 is 11.9 Å². The van der Waals surface area contributed by atoms with Crippen molar-refractivity contribution < 1.29 is 5.11 Å². The van der Waals surface area contributed by atoms with E-state index in [0.29, 0.717) is 0 Å². The summed E-state index contributed by atoms with van der Waals surface area (Å²) in [5.41, 5.74) is 0. The molecule has 0 heterocycles. The first-order valence-corrected chi connectivity index (χ1v) is 3.43. The number of hydrogen-bond donors (Lipinski definition) is 2. The van der Waals surface area contributed by atoms with E-state index < -0.39 is 0 Å². The Morgan fingerprint density at radius 1 is 1.86 bits per heavy atom. The maximum atomic E-state index is 8.39. The van der Waals surface area contributed by atoms with Gasteiger partial charge in [-0.15, -0.1) is 0 Å². The molecule has 2 N–H and O–H groups in total. The standard InChI is InChI=1S/C4H11NOS/c1-4(3-6)5-7-2/h4-6H,3H2,1-2H3. The van der Waals surface area contributed by atoms with Crippen LogP contribution in [-0.2, 0) is 0 Å². The smallest absolute Gasteiger partial charge is 0.0590 e. The summed E-state index contributed by atoms with van der Waals surface area (Å²) in [6.45, 7) is 2.14. The summed E-state index contributed by atoms with van der Waals surface area (Å²) in [5.74, 6) is 0. The zero-order chi connectivity index (χ0) is 5.70. The SMILES string of the molecule is CSNC(C)CO. The van der Waals surface area contributed by atoms with Gasteiger partial charge in [0.2, 0.25) is 0 Å². The van der Waals surface area contributed by atoms with Gasteiger partial charge in [0.25, 0.3) is 0 Å². The second-order valence-electron chi connectivity index (χ2n) is 1.41. The molecule has 0 aliphatic carbocycles. The summed E-state index contributed by atoms with van der Waals surface area (Å²) >= 11 is 1.52. The molecule has 0 bridgehead atoms. The van der Waals surface area contributed by atoms with Gasteiger partial charge >= 0.3 is 0 Å². The molecule has 1 atom stereocenters. The Morgan fingerprint density at radius 3 is 2.57 bits per heavy atom. The van der Waals surface area contributed by atoms with Crippen LogP contribution in [-0.4, -0.2) is 24.0 Å². The number of rotatable bonds is 3. The normalized spacial score (nSPS) is 14.1. The fraction of sp³-hybridized carbons (Fsp3) is 1.00. The summed E-state index contributed by atoms with van der Waals surface area (Å²) in [5, 5.41) is 8.39. The Labute approximate surface area is 48.4 Å². The van der Waals surface area contributed by atoms with E-state index in [2.05, 4.69) is 4.72 Å². The molecule has 1 unspecified atom stereocenters. The Balaban J connectivity index is 2.83. The van der Waals surface area contributed by atoms with Crippen LogP contribution in [0.25, 0.3) is 0 Å². The Hall–Kier alpha value is 0.270. The first-order chi connectivity index (χ1) is 3.31. The molecule has 0 saturated carbocycles. The average Bonchev–Trinajstić information content (AvgIpc) is 1.68. The van der Waals surface area contributed by atoms with Gasteiger partial charge in [0.15, 0.2) is 0 Å². The molecule has 0 saturated heterocycles. The molecule has 0 rings (SSSR count). The van der Waals surface area contributed by atoms with E-state index in [4.69, 9.17) is 5.11 Å².